The van der Waals surface area contributed by atoms with Crippen LogP contribution in [0.5, 0.6) is 11.5 Å². The minimum atomic E-state index is -0.343. The molecular weight excluding hydrogens is 538 g/mol. The average molecular weight is 559 g/mol. The summed E-state index contributed by atoms with van der Waals surface area (Å²) in [7, 11) is 1.56. The number of benzene rings is 3. The maximum absolute atomic E-state index is 12.9. The van der Waals surface area contributed by atoms with Crippen LogP contribution in [0.1, 0.15) is 22.3 Å². The number of thioether (sulfide) groups is 1. The molecule has 174 valence electrons. The monoisotopic (exact) mass is 557 g/mol. The van der Waals surface area contributed by atoms with Gasteiger partial charge in [0.05, 0.1) is 23.0 Å². The molecule has 1 saturated heterocycles. The minimum absolute atomic E-state index is 0.168. The predicted octanol–water partition coefficient (Wildman–Crippen LogP) is 7.24. The van der Waals surface area contributed by atoms with Crippen LogP contribution in [0.3, 0.4) is 0 Å². The van der Waals surface area contributed by atoms with E-state index in [2.05, 4.69) is 15.9 Å². The van der Waals surface area contributed by atoms with Crippen LogP contribution < -0.4 is 9.47 Å². The summed E-state index contributed by atoms with van der Waals surface area (Å²) in [6.45, 7) is 2.59. The molecule has 4 rings (SSSR count). The number of amides is 2. The largest absolute Gasteiger partial charge is 0.493 e. The molecule has 0 N–H and O–H groups in total. The molecule has 5 nitrogen and oxygen atoms in total. The molecular formula is C26H21BrClNO4S. The van der Waals surface area contributed by atoms with Crippen molar-refractivity contribution < 1.29 is 19.1 Å². The Labute approximate surface area is 215 Å². The molecule has 1 heterocycles. The molecule has 0 spiro atoms. The van der Waals surface area contributed by atoms with Crippen molar-refractivity contribution in [2.75, 3.05) is 7.11 Å². The number of rotatable bonds is 7. The van der Waals surface area contributed by atoms with Crippen LogP contribution in [0.25, 0.3) is 6.08 Å². The molecule has 0 aromatic heterocycles. The number of carbonyl (C=O) groups excluding carboxylic acids is 2. The molecule has 8 heteroatoms. The van der Waals surface area contributed by atoms with E-state index in [4.69, 9.17) is 21.1 Å². The van der Waals surface area contributed by atoms with Crippen LogP contribution in [0.4, 0.5) is 4.79 Å². The Kier molecular flexibility index (Phi) is 7.66. The van der Waals surface area contributed by atoms with Gasteiger partial charge in [-0.15, -0.1) is 0 Å². The molecule has 0 radical (unpaired) electrons. The second kappa shape index (κ2) is 10.7. The molecule has 0 atom stereocenters. The van der Waals surface area contributed by atoms with Gasteiger partial charge >= 0.3 is 0 Å². The minimum Gasteiger partial charge on any atom is -0.493 e. The van der Waals surface area contributed by atoms with Crippen molar-refractivity contribution in [2.45, 2.75) is 20.1 Å². The Morgan fingerprint density at radius 1 is 1.06 bits per heavy atom. The van der Waals surface area contributed by atoms with Crippen molar-refractivity contribution in [1.29, 1.82) is 0 Å². The van der Waals surface area contributed by atoms with E-state index in [0.717, 1.165) is 22.9 Å². The van der Waals surface area contributed by atoms with Gasteiger partial charge < -0.3 is 9.47 Å². The number of halogens is 2. The molecule has 34 heavy (non-hydrogen) atoms. The average Bonchev–Trinajstić information content (AvgIpc) is 3.06. The molecule has 0 aliphatic carbocycles. The highest BCUT2D eigenvalue weighted by Crippen LogP contribution is 2.39. The molecule has 1 aliphatic heterocycles. The van der Waals surface area contributed by atoms with Gasteiger partial charge in [-0.3, -0.25) is 14.5 Å². The first-order chi connectivity index (χ1) is 16.3. The van der Waals surface area contributed by atoms with Gasteiger partial charge in [-0.05, 0) is 81.6 Å². The molecule has 1 aliphatic rings. The molecule has 1 fully saturated rings. The summed E-state index contributed by atoms with van der Waals surface area (Å²) in [5.41, 5.74) is 3.72. The fourth-order valence-electron chi connectivity index (χ4n) is 3.41. The summed E-state index contributed by atoms with van der Waals surface area (Å²) >= 11 is 10.5. The normalized spacial score (nSPS) is 14.7. The quantitative estimate of drug-likeness (QED) is 0.286. The molecule has 0 bridgehead atoms. The number of hydrogen-bond acceptors (Lipinski definition) is 5. The zero-order chi connectivity index (χ0) is 24.2. The molecule has 3 aromatic carbocycles. The number of imide groups is 1. The first-order valence-electron chi connectivity index (χ1n) is 10.4. The van der Waals surface area contributed by atoms with Crippen molar-refractivity contribution >= 4 is 56.5 Å². The Hall–Kier alpha value is -2.74. The van der Waals surface area contributed by atoms with E-state index in [-0.39, 0.29) is 17.7 Å². The van der Waals surface area contributed by atoms with E-state index in [1.54, 1.807) is 37.5 Å². The third kappa shape index (κ3) is 5.66. The van der Waals surface area contributed by atoms with Gasteiger partial charge in [-0.2, -0.15) is 0 Å². The third-order valence-corrected chi connectivity index (χ3v) is 6.89. The van der Waals surface area contributed by atoms with Gasteiger partial charge in [-0.25, -0.2) is 0 Å². The summed E-state index contributed by atoms with van der Waals surface area (Å²) in [4.78, 5) is 27.0. The van der Waals surface area contributed by atoms with Crippen LogP contribution in [-0.2, 0) is 17.9 Å². The highest BCUT2D eigenvalue weighted by atomic mass is 79.9. The van der Waals surface area contributed by atoms with Crippen molar-refractivity contribution in [2.24, 2.45) is 0 Å². The van der Waals surface area contributed by atoms with Gasteiger partial charge in [-0.1, -0.05) is 53.6 Å². The lowest BCUT2D eigenvalue weighted by atomic mass is 10.1. The first kappa shape index (κ1) is 24.4. The lowest BCUT2D eigenvalue weighted by Crippen LogP contribution is -2.27. The van der Waals surface area contributed by atoms with E-state index in [0.29, 0.717) is 38.1 Å². The topological polar surface area (TPSA) is 55.8 Å². The van der Waals surface area contributed by atoms with Gasteiger partial charge in [0.25, 0.3) is 11.1 Å². The van der Waals surface area contributed by atoms with E-state index in [9.17, 15) is 9.59 Å². The number of hydrogen-bond donors (Lipinski definition) is 0. The van der Waals surface area contributed by atoms with Crippen LogP contribution >= 0.6 is 39.3 Å². The smallest absolute Gasteiger partial charge is 0.293 e. The first-order valence-corrected chi connectivity index (χ1v) is 12.4. The fourth-order valence-corrected chi connectivity index (χ4v) is 5.03. The number of ether oxygens (including phenoxy) is 2. The number of nitrogens with zero attached hydrogens (tertiary/aromatic N) is 1. The maximum Gasteiger partial charge on any atom is 0.293 e. The number of methoxy groups -OCH3 is 1. The van der Waals surface area contributed by atoms with Crippen LogP contribution in [0, 0.1) is 6.92 Å². The van der Waals surface area contributed by atoms with Gasteiger partial charge in [0.15, 0.2) is 11.5 Å². The van der Waals surface area contributed by atoms with Crippen molar-refractivity contribution in [3.63, 3.8) is 0 Å². The Bertz CT molecular complexity index is 1280. The van der Waals surface area contributed by atoms with E-state index >= 15 is 0 Å². The second-order valence-electron chi connectivity index (χ2n) is 7.71. The van der Waals surface area contributed by atoms with Crippen molar-refractivity contribution in [1.82, 2.24) is 4.90 Å². The highest BCUT2D eigenvalue weighted by molar-refractivity contribution is 9.10. The van der Waals surface area contributed by atoms with Gasteiger partial charge in [0.2, 0.25) is 0 Å². The third-order valence-electron chi connectivity index (χ3n) is 5.16. The second-order valence-corrected chi connectivity index (χ2v) is 9.99. The standard InChI is InChI=1S/C26H21BrClNO4S/c1-16-6-8-17(9-7-16)15-33-24-21(27)11-19(12-22(24)32-2)13-23-25(30)29(26(31)34-23)14-18-4-3-5-20(28)10-18/h3-13H,14-15H2,1-2H3/b23-13-. The van der Waals surface area contributed by atoms with Crippen LogP contribution in [0.15, 0.2) is 70.0 Å². The molecule has 3 aromatic rings. The molecule has 0 saturated carbocycles. The van der Waals surface area contributed by atoms with Crippen molar-refractivity contribution in [3.8, 4) is 11.5 Å². The number of carbonyl (C=O) groups is 2. The SMILES string of the molecule is COc1cc(/C=C2\SC(=O)N(Cc3cccc(Cl)c3)C2=O)cc(Br)c1OCc1ccc(C)cc1. The van der Waals surface area contributed by atoms with Gasteiger partial charge in [0.1, 0.15) is 6.61 Å². The maximum atomic E-state index is 12.9. The zero-order valence-corrected chi connectivity index (χ0v) is 21.7. The van der Waals surface area contributed by atoms with E-state index < -0.39 is 0 Å². The van der Waals surface area contributed by atoms with E-state index in [1.807, 2.05) is 43.3 Å². The fraction of sp³-hybridized carbons (Fsp3) is 0.154. The lowest BCUT2D eigenvalue weighted by Gasteiger charge is -2.14. The Balaban J connectivity index is 1.53. The highest BCUT2D eigenvalue weighted by Gasteiger charge is 2.35. The molecule has 0 unspecified atom stereocenters. The van der Waals surface area contributed by atoms with Crippen LogP contribution in [-0.4, -0.2) is 23.2 Å². The summed E-state index contributed by atoms with van der Waals surface area (Å²) in [5, 5.41) is 0.238. The Morgan fingerprint density at radius 3 is 2.53 bits per heavy atom. The summed E-state index contributed by atoms with van der Waals surface area (Å²) in [5.74, 6) is 0.741. The molecule has 2 amide bonds. The Morgan fingerprint density at radius 2 is 1.82 bits per heavy atom. The van der Waals surface area contributed by atoms with Gasteiger partial charge in [0, 0.05) is 5.02 Å². The predicted molar refractivity (Wildman–Crippen MR) is 139 cm³/mol. The number of aryl methyl sites for hydroxylation is 1. The summed E-state index contributed by atoms with van der Waals surface area (Å²) in [6.07, 6.45) is 1.68. The van der Waals surface area contributed by atoms with Crippen LogP contribution in [0.2, 0.25) is 5.02 Å². The van der Waals surface area contributed by atoms with E-state index in [1.165, 1.54) is 10.5 Å². The van der Waals surface area contributed by atoms with Crippen molar-refractivity contribution in [3.05, 3.63) is 97.3 Å². The zero-order valence-electron chi connectivity index (χ0n) is 18.5. The summed E-state index contributed by atoms with van der Waals surface area (Å²) in [6, 6.07) is 18.8. The lowest BCUT2D eigenvalue weighted by molar-refractivity contribution is -0.123. The summed E-state index contributed by atoms with van der Waals surface area (Å²) < 4.78 is 12.2.